The number of nitrogens with zero attached hydrogens (tertiary/aromatic N) is 2. The molecule has 19 heavy (non-hydrogen) atoms. The fourth-order valence-corrected chi connectivity index (χ4v) is 3.29. The number of hydrogen-bond acceptors (Lipinski definition) is 3. The van der Waals surface area contributed by atoms with Gasteiger partial charge >= 0.3 is 0 Å². The second-order valence-electron chi connectivity index (χ2n) is 5.59. The van der Waals surface area contributed by atoms with E-state index in [9.17, 15) is 0 Å². The highest BCUT2D eigenvalue weighted by Gasteiger charge is 2.22. The first-order valence-corrected chi connectivity index (χ1v) is 7.85. The first-order chi connectivity index (χ1) is 9.34. The molecule has 0 bridgehead atoms. The zero-order valence-electron chi connectivity index (χ0n) is 11.3. The monoisotopic (exact) mass is 283 g/mol. The Kier molecular flexibility index (Phi) is 4.28. The molecule has 1 atom stereocenters. The fraction of sp³-hybridized carbons (Fsp3) is 0.786. The van der Waals surface area contributed by atoms with Crippen molar-refractivity contribution in [2.45, 2.75) is 63.6 Å². The minimum Gasteiger partial charge on any atom is -0.486 e. The first-order valence-electron chi connectivity index (χ1n) is 7.47. The Morgan fingerprint density at radius 2 is 1.95 bits per heavy atom. The molecular weight excluding hydrogens is 262 g/mol. The maximum atomic E-state index is 6.41. The normalized spacial score (nSPS) is 25.4. The second-order valence-corrected chi connectivity index (χ2v) is 5.95. The Labute approximate surface area is 119 Å². The maximum Gasteiger partial charge on any atom is 0.176 e. The van der Waals surface area contributed by atoms with Crippen LogP contribution in [-0.4, -0.2) is 22.4 Å². The third-order valence-corrected chi connectivity index (χ3v) is 4.49. The van der Waals surface area contributed by atoms with E-state index in [2.05, 4.69) is 10.4 Å². The number of piperidine rings is 1. The van der Waals surface area contributed by atoms with E-state index < -0.39 is 0 Å². The van der Waals surface area contributed by atoms with Crippen molar-refractivity contribution in [1.29, 1.82) is 0 Å². The highest BCUT2D eigenvalue weighted by atomic mass is 35.5. The van der Waals surface area contributed by atoms with Gasteiger partial charge in [-0.05, 0) is 51.5 Å². The molecule has 0 radical (unpaired) electrons. The minimum absolute atomic E-state index is 0.227. The van der Waals surface area contributed by atoms with Crippen LogP contribution in [0.4, 0.5) is 0 Å². The van der Waals surface area contributed by atoms with Gasteiger partial charge in [-0.25, -0.2) is 4.68 Å². The summed E-state index contributed by atoms with van der Waals surface area (Å²) in [7, 11) is 0. The van der Waals surface area contributed by atoms with Gasteiger partial charge in [-0.3, -0.25) is 5.32 Å². The van der Waals surface area contributed by atoms with Crippen LogP contribution in [0.5, 0.6) is 5.75 Å². The summed E-state index contributed by atoms with van der Waals surface area (Å²) in [5.41, 5.74) is 0. The van der Waals surface area contributed by atoms with Crippen molar-refractivity contribution in [2.24, 2.45) is 0 Å². The van der Waals surface area contributed by atoms with Crippen LogP contribution < -0.4 is 10.1 Å². The Morgan fingerprint density at radius 1 is 1.16 bits per heavy atom. The van der Waals surface area contributed by atoms with Crippen molar-refractivity contribution in [1.82, 2.24) is 15.1 Å². The number of ether oxygens (including phenoxy) is 1. The van der Waals surface area contributed by atoms with Gasteiger partial charge in [0.05, 0.1) is 12.3 Å². The lowest BCUT2D eigenvalue weighted by Crippen LogP contribution is -2.32. The molecule has 1 aromatic rings. The summed E-state index contributed by atoms with van der Waals surface area (Å²) in [6.45, 7) is 1.04. The lowest BCUT2D eigenvalue weighted by molar-refractivity contribution is 0.154. The third-order valence-electron chi connectivity index (χ3n) is 4.13. The summed E-state index contributed by atoms with van der Waals surface area (Å²) >= 11 is 6.41. The predicted octanol–water partition coefficient (Wildman–Crippen LogP) is 3.52. The average Bonchev–Trinajstić information content (AvgIpc) is 2.82. The molecule has 3 rings (SSSR count). The zero-order chi connectivity index (χ0) is 13.1. The average molecular weight is 284 g/mol. The molecule has 1 N–H and O–H groups in total. The quantitative estimate of drug-likeness (QED) is 0.922. The summed E-state index contributed by atoms with van der Waals surface area (Å²) in [5, 5.41) is 8.50. The van der Waals surface area contributed by atoms with Crippen LogP contribution in [-0.2, 0) is 0 Å². The molecule has 1 unspecified atom stereocenters. The topological polar surface area (TPSA) is 39.1 Å². The standard InChI is InChI=1S/C14H22ClN3O/c15-14-12(19-11-6-2-1-3-7-11)10-17-18(14)13-8-4-5-9-16-13/h10-11,13,16H,1-9H2. The van der Waals surface area contributed by atoms with Gasteiger partial charge in [-0.1, -0.05) is 18.0 Å². The number of nitrogens with one attached hydrogen (secondary N) is 1. The largest absolute Gasteiger partial charge is 0.486 e. The lowest BCUT2D eigenvalue weighted by atomic mass is 9.98. The minimum atomic E-state index is 0.227. The molecule has 1 saturated heterocycles. The summed E-state index contributed by atoms with van der Waals surface area (Å²) in [4.78, 5) is 0. The molecule has 1 aliphatic carbocycles. The van der Waals surface area contributed by atoms with Crippen LogP contribution in [0.3, 0.4) is 0 Å². The van der Waals surface area contributed by atoms with Gasteiger partial charge < -0.3 is 4.74 Å². The van der Waals surface area contributed by atoms with Crippen molar-refractivity contribution in [3.05, 3.63) is 11.3 Å². The van der Waals surface area contributed by atoms with Gasteiger partial charge in [0, 0.05) is 0 Å². The molecule has 2 aliphatic rings. The second kappa shape index (κ2) is 6.14. The maximum absolute atomic E-state index is 6.41. The van der Waals surface area contributed by atoms with Crippen molar-refractivity contribution in [3.8, 4) is 5.75 Å². The lowest BCUT2D eigenvalue weighted by Gasteiger charge is -2.25. The van der Waals surface area contributed by atoms with Gasteiger partial charge in [0.1, 0.15) is 6.17 Å². The smallest absolute Gasteiger partial charge is 0.176 e. The molecule has 0 aromatic carbocycles. The Balaban J connectivity index is 1.67. The van der Waals surface area contributed by atoms with Gasteiger partial charge in [0.2, 0.25) is 0 Å². The van der Waals surface area contributed by atoms with Crippen LogP contribution in [0.15, 0.2) is 6.20 Å². The molecular formula is C14H22ClN3O. The first kappa shape index (κ1) is 13.3. The zero-order valence-corrected chi connectivity index (χ0v) is 12.0. The molecule has 2 heterocycles. The summed E-state index contributed by atoms with van der Waals surface area (Å²) in [5.74, 6) is 0.751. The van der Waals surface area contributed by atoms with Gasteiger partial charge in [0.25, 0.3) is 0 Å². The fourth-order valence-electron chi connectivity index (χ4n) is 3.03. The summed E-state index contributed by atoms with van der Waals surface area (Å²) in [6.07, 6.45) is 12.0. The predicted molar refractivity (Wildman–Crippen MR) is 75.6 cm³/mol. The van der Waals surface area contributed by atoms with E-state index in [0.717, 1.165) is 31.6 Å². The summed E-state index contributed by atoms with van der Waals surface area (Å²) < 4.78 is 7.89. The highest BCUT2D eigenvalue weighted by Crippen LogP contribution is 2.31. The van der Waals surface area contributed by atoms with Crippen LogP contribution in [0.2, 0.25) is 5.15 Å². The van der Waals surface area contributed by atoms with E-state index in [1.807, 2.05) is 4.68 Å². The van der Waals surface area contributed by atoms with E-state index in [4.69, 9.17) is 16.3 Å². The Morgan fingerprint density at radius 3 is 2.68 bits per heavy atom. The summed E-state index contributed by atoms with van der Waals surface area (Å²) in [6, 6.07) is 0. The van der Waals surface area contributed by atoms with E-state index in [1.54, 1.807) is 6.20 Å². The van der Waals surface area contributed by atoms with Crippen molar-refractivity contribution in [2.75, 3.05) is 6.54 Å². The number of aromatic nitrogens is 2. The highest BCUT2D eigenvalue weighted by molar-refractivity contribution is 6.31. The van der Waals surface area contributed by atoms with E-state index >= 15 is 0 Å². The molecule has 0 amide bonds. The number of halogens is 1. The Hall–Kier alpha value is -0.740. The molecule has 1 aromatic heterocycles. The number of hydrogen-bond donors (Lipinski definition) is 1. The molecule has 0 spiro atoms. The third kappa shape index (κ3) is 3.06. The number of rotatable bonds is 3. The molecule has 1 saturated carbocycles. The van der Waals surface area contributed by atoms with Crippen LogP contribution in [0.25, 0.3) is 0 Å². The molecule has 4 nitrogen and oxygen atoms in total. The molecule has 106 valence electrons. The van der Waals surface area contributed by atoms with E-state index in [0.29, 0.717) is 11.3 Å². The molecule has 5 heteroatoms. The van der Waals surface area contributed by atoms with Crippen LogP contribution in [0, 0.1) is 0 Å². The van der Waals surface area contributed by atoms with Crippen LogP contribution in [0.1, 0.15) is 57.5 Å². The van der Waals surface area contributed by atoms with Gasteiger partial charge in [-0.2, -0.15) is 5.10 Å². The van der Waals surface area contributed by atoms with Crippen LogP contribution >= 0.6 is 11.6 Å². The van der Waals surface area contributed by atoms with Crippen molar-refractivity contribution < 1.29 is 4.74 Å². The van der Waals surface area contributed by atoms with Crippen molar-refractivity contribution in [3.63, 3.8) is 0 Å². The van der Waals surface area contributed by atoms with E-state index in [-0.39, 0.29) is 6.17 Å². The van der Waals surface area contributed by atoms with Gasteiger partial charge in [0.15, 0.2) is 10.9 Å². The Bertz CT molecular complexity index is 409. The van der Waals surface area contributed by atoms with E-state index in [1.165, 1.54) is 32.1 Å². The molecule has 2 fully saturated rings. The van der Waals surface area contributed by atoms with Gasteiger partial charge in [-0.15, -0.1) is 0 Å². The SMILES string of the molecule is Clc1c(OC2CCCCC2)cnn1C1CCCCN1. The van der Waals surface area contributed by atoms with Crippen molar-refractivity contribution >= 4 is 11.6 Å². The molecule has 1 aliphatic heterocycles.